The highest BCUT2D eigenvalue weighted by atomic mass is 16.5. The molecular weight excluding hydrogens is 242 g/mol. The number of carbonyl (C=O) groups is 1. The summed E-state index contributed by atoms with van der Waals surface area (Å²) >= 11 is 0. The molecule has 1 atom stereocenters. The minimum Gasteiger partial charge on any atom is -0.376 e. The van der Waals surface area contributed by atoms with Crippen LogP contribution in [0.4, 0.5) is 0 Å². The third kappa shape index (κ3) is 3.76. The van der Waals surface area contributed by atoms with Gasteiger partial charge in [0.15, 0.2) is 0 Å². The first-order valence-corrected chi connectivity index (χ1v) is 6.66. The van der Waals surface area contributed by atoms with Crippen LogP contribution in [0.25, 0.3) is 0 Å². The van der Waals surface area contributed by atoms with Gasteiger partial charge < -0.3 is 4.74 Å². The van der Waals surface area contributed by atoms with E-state index in [1.54, 1.807) is 6.07 Å². The molecule has 0 spiro atoms. The maximum absolute atomic E-state index is 11.5. The van der Waals surface area contributed by atoms with Crippen LogP contribution in [0.2, 0.25) is 0 Å². The van der Waals surface area contributed by atoms with Crippen LogP contribution >= 0.6 is 0 Å². The largest absolute Gasteiger partial charge is 0.376 e. The fourth-order valence-electron chi connectivity index (χ4n) is 2.32. The van der Waals surface area contributed by atoms with Gasteiger partial charge in [-0.3, -0.25) is 15.1 Å². The first kappa shape index (κ1) is 14.0. The number of ether oxygens (including phenoxy) is 1. The Hall–Kier alpha value is -1.43. The van der Waals surface area contributed by atoms with Crippen LogP contribution in [0.3, 0.4) is 0 Å². The number of hydrogen-bond donors (Lipinski definition) is 2. The minimum atomic E-state index is -0.254. The molecule has 2 rings (SSSR count). The molecule has 1 fully saturated rings. The fourth-order valence-corrected chi connectivity index (χ4v) is 2.32. The van der Waals surface area contributed by atoms with E-state index in [1.165, 1.54) is 0 Å². The molecule has 104 valence electrons. The molecule has 1 heterocycles. The highest BCUT2D eigenvalue weighted by molar-refractivity contribution is 5.93. The SMILES string of the molecule is CCC1CN(Cc2cccc(C(=O)NN)c2)CCO1. The van der Waals surface area contributed by atoms with Crippen LogP contribution in [0, 0.1) is 0 Å². The lowest BCUT2D eigenvalue weighted by molar-refractivity contribution is -0.0324. The second-order valence-electron chi connectivity index (χ2n) is 4.81. The number of carbonyl (C=O) groups excluding carboxylic acids is 1. The Morgan fingerprint density at radius 2 is 2.42 bits per heavy atom. The molecule has 19 heavy (non-hydrogen) atoms. The Labute approximate surface area is 113 Å². The van der Waals surface area contributed by atoms with Gasteiger partial charge in [0.25, 0.3) is 5.91 Å². The van der Waals surface area contributed by atoms with Crippen molar-refractivity contribution in [2.45, 2.75) is 26.0 Å². The maximum Gasteiger partial charge on any atom is 0.265 e. The Morgan fingerprint density at radius 3 is 3.16 bits per heavy atom. The van der Waals surface area contributed by atoms with Crippen LogP contribution in [0.15, 0.2) is 24.3 Å². The quantitative estimate of drug-likeness (QED) is 0.481. The van der Waals surface area contributed by atoms with E-state index >= 15 is 0 Å². The van der Waals surface area contributed by atoms with Gasteiger partial charge in [-0.05, 0) is 24.1 Å². The summed E-state index contributed by atoms with van der Waals surface area (Å²) in [5.74, 6) is 4.89. The highest BCUT2D eigenvalue weighted by Crippen LogP contribution is 2.13. The zero-order valence-electron chi connectivity index (χ0n) is 11.3. The van der Waals surface area contributed by atoms with E-state index in [1.807, 2.05) is 18.2 Å². The summed E-state index contributed by atoms with van der Waals surface area (Å²) in [5.41, 5.74) is 3.88. The van der Waals surface area contributed by atoms with Gasteiger partial charge in [-0.1, -0.05) is 19.1 Å². The van der Waals surface area contributed by atoms with Gasteiger partial charge >= 0.3 is 0 Å². The van der Waals surface area contributed by atoms with E-state index in [2.05, 4.69) is 17.2 Å². The van der Waals surface area contributed by atoms with E-state index < -0.39 is 0 Å². The van der Waals surface area contributed by atoms with Crippen molar-refractivity contribution < 1.29 is 9.53 Å². The first-order chi connectivity index (χ1) is 9.22. The summed E-state index contributed by atoms with van der Waals surface area (Å²) in [7, 11) is 0. The molecular formula is C14H21N3O2. The topological polar surface area (TPSA) is 67.6 Å². The first-order valence-electron chi connectivity index (χ1n) is 6.66. The highest BCUT2D eigenvalue weighted by Gasteiger charge is 2.19. The lowest BCUT2D eigenvalue weighted by Crippen LogP contribution is -2.41. The van der Waals surface area contributed by atoms with Crippen LogP contribution in [-0.2, 0) is 11.3 Å². The normalized spacial score (nSPS) is 20.2. The number of benzene rings is 1. The number of nitrogens with one attached hydrogen (secondary N) is 1. The van der Waals surface area contributed by atoms with E-state index in [4.69, 9.17) is 10.6 Å². The zero-order chi connectivity index (χ0) is 13.7. The summed E-state index contributed by atoms with van der Waals surface area (Å²) in [6, 6.07) is 7.57. The molecule has 1 aromatic rings. The Bertz CT molecular complexity index is 436. The number of amides is 1. The summed E-state index contributed by atoms with van der Waals surface area (Å²) < 4.78 is 5.65. The zero-order valence-corrected chi connectivity index (χ0v) is 11.3. The van der Waals surface area contributed by atoms with E-state index in [0.717, 1.165) is 38.2 Å². The predicted molar refractivity (Wildman–Crippen MR) is 73.4 cm³/mol. The predicted octanol–water partition coefficient (Wildman–Crippen LogP) is 0.901. The molecule has 1 aromatic carbocycles. The average molecular weight is 263 g/mol. The Morgan fingerprint density at radius 1 is 1.58 bits per heavy atom. The molecule has 0 bridgehead atoms. The number of rotatable bonds is 4. The summed E-state index contributed by atoms with van der Waals surface area (Å²) in [4.78, 5) is 13.8. The van der Waals surface area contributed by atoms with Crippen molar-refractivity contribution in [1.29, 1.82) is 0 Å². The van der Waals surface area contributed by atoms with Gasteiger partial charge in [-0.15, -0.1) is 0 Å². The van der Waals surface area contributed by atoms with Crippen molar-refractivity contribution in [1.82, 2.24) is 10.3 Å². The van der Waals surface area contributed by atoms with Crippen LogP contribution in [0.1, 0.15) is 29.3 Å². The minimum absolute atomic E-state index is 0.254. The second-order valence-corrected chi connectivity index (χ2v) is 4.81. The molecule has 0 saturated carbocycles. The van der Waals surface area contributed by atoms with Gasteiger partial charge in [-0.25, -0.2) is 5.84 Å². The third-order valence-electron chi connectivity index (χ3n) is 3.40. The van der Waals surface area contributed by atoms with Crippen LogP contribution < -0.4 is 11.3 Å². The number of nitrogens with zero attached hydrogens (tertiary/aromatic N) is 1. The van der Waals surface area contributed by atoms with Crippen LogP contribution in [-0.4, -0.2) is 36.6 Å². The molecule has 1 aliphatic heterocycles. The average Bonchev–Trinajstić information content (AvgIpc) is 2.47. The Balaban J connectivity index is 2.00. The molecule has 0 aromatic heterocycles. The van der Waals surface area contributed by atoms with Gasteiger partial charge in [-0.2, -0.15) is 0 Å². The van der Waals surface area contributed by atoms with Gasteiger partial charge in [0.1, 0.15) is 0 Å². The van der Waals surface area contributed by atoms with Gasteiger partial charge in [0.2, 0.25) is 0 Å². The molecule has 0 radical (unpaired) electrons. The Kier molecular flexibility index (Phi) is 4.90. The second kappa shape index (κ2) is 6.65. The van der Waals surface area contributed by atoms with Gasteiger partial charge in [0.05, 0.1) is 12.7 Å². The molecule has 5 nitrogen and oxygen atoms in total. The lowest BCUT2D eigenvalue weighted by Gasteiger charge is -2.32. The van der Waals surface area contributed by atoms with Gasteiger partial charge in [0, 0.05) is 25.2 Å². The molecule has 3 N–H and O–H groups in total. The van der Waals surface area contributed by atoms with Crippen LogP contribution in [0.5, 0.6) is 0 Å². The third-order valence-corrected chi connectivity index (χ3v) is 3.40. The van der Waals surface area contributed by atoms with Crippen molar-refractivity contribution in [3.05, 3.63) is 35.4 Å². The van der Waals surface area contributed by atoms with E-state index in [9.17, 15) is 4.79 Å². The fraction of sp³-hybridized carbons (Fsp3) is 0.500. The number of morpholine rings is 1. The summed E-state index contributed by atoms with van der Waals surface area (Å²) in [5, 5.41) is 0. The molecule has 1 amide bonds. The standard InChI is InChI=1S/C14H21N3O2/c1-2-13-10-17(6-7-19-13)9-11-4-3-5-12(8-11)14(18)16-15/h3-5,8,13H,2,6-7,9-10,15H2,1H3,(H,16,18). The van der Waals surface area contributed by atoms with Crippen molar-refractivity contribution >= 4 is 5.91 Å². The van der Waals surface area contributed by atoms with E-state index in [-0.39, 0.29) is 5.91 Å². The van der Waals surface area contributed by atoms with Crippen molar-refractivity contribution in [3.63, 3.8) is 0 Å². The number of nitrogens with two attached hydrogens (primary N) is 1. The monoisotopic (exact) mass is 263 g/mol. The number of nitrogen functional groups attached to an aromatic ring is 1. The number of hydrazine groups is 1. The number of hydrogen-bond acceptors (Lipinski definition) is 4. The molecule has 1 unspecified atom stereocenters. The summed E-state index contributed by atoms with van der Waals surface area (Å²) in [6.07, 6.45) is 1.36. The van der Waals surface area contributed by atoms with Crippen molar-refractivity contribution in [3.8, 4) is 0 Å². The summed E-state index contributed by atoms with van der Waals surface area (Å²) in [6.45, 7) is 5.64. The smallest absolute Gasteiger partial charge is 0.265 e. The lowest BCUT2D eigenvalue weighted by atomic mass is 10.1. The molecule has 0 aliphatic carbocycles. The van der Waals surface area contributed by atoms with Crippen molar-refractivity contribution in [2.24, 2.45) is 5.84 Å². The molecule has 1 saturated heterocycles. The van der Waals surface area contributed by atoms with Crippen molar-refractivity contribution in [2.75, 3.05) is 19.7 Å². The molecule has 1 aliphatic rings. The maximum atomic E-state index is 11.5. The van der Waals surface area contributed by atoms with E-state index in [0.29, 0.717) is 11.7 Å². The molecule has 5 heteroatoms.